The number of non-ortho nitro benzene ring substituents is 1. The molecule has 1 N–H and O–H groups in total. The number of nitrogens with zero attached hydrogens (tertiary/aromatic N) is 2. The molecule has 0 aliphatic carbocycles. The van der Waals surface area contributed by atoms with Gasteiger partial charge >= 0.3 is 0 Å². The minimum atomic E-state index is -0.437. The fraction of sp³-hybridized carbons (Fsp3) is 0.0833. The van der Waals surface area contributed by atoms with Gasteiger partial charge in [-0.3, -0.25) is 10.1 Å². The lowest BCUT2D eigenvalue weighted by molar-refractivity contribution is -0.384. The summed E-state index contributed by atoms with van der Waals surface area (Å²) >= 11 is 4.79. The van der Waals surface area contributed by atoms with Crippen LogP contribution in [0, 0.1) is 21.4 Å². The molecule has 1 heterocycles. The van der Waals surface area contributed by atoms with Gasteiger partial charge in [-0.25, -0.2) is 0 Å². The van der Waals surface area contributed by atoms with Crippen LogP contribution in [-0.4, -0.2) is 4.92 Å². The molecule has 5 nitrogen and oxygen atoms in total. The summed E-state index contributed by atoms with van der Waals surface area (Å²) in [6.45, 7) is 0.572. The minimum absolute atomic E-state index is 0.0420. The Labute approximate surface area is 121 Å². The molecule has 2 rings (SSSR count). The number of thiophene rings is 1. The normalized spacial score (nSPS) is 9.89. The molecular weight excluding hydrogens is 330 g/mol. The Hall–Kier alpha value is -1.91. The van der Waals surface area contributed by atoms with Crippen molar-refractivity contribution < 1.29 is 4.92 Å². The number of nitrogens with one attached hydrogen (secondary N) is 1. The van der Waals surface area contributed by atoms with Crippen LogP contribution < -0.4 is 5.32 Å². The fourth-order valence-electron chi connectivity index (χ4n) is 1.48. The molecule has 0 saturated heterocycles. The molecule has 1 aromatic carbocycles. The van der Waals surface area contributed by atoms with Crippen LogP contribution in [0.5, 0.6) is 0 Å². The van der Waals surface area contributed by atoms with Gasteiger partial charge in [-0.15, -0.1) is 11.3 Å². The van der Waals surface area contributed by atoms with E-state index in [1.807, 2.05) is 6.07 Å². The Balaban J connectivity index is 2.07. The zero-order valence-electron chi connectivity index (χ0n) is 9.59. The Morgan fingerprint density at radius 3 is 2.84 bits per heavy atom. The average Bonchev–Trinajstić information content (AvgIpc) is 2.85. The molecule has 2 aromatic rings. The Bertz CT molecular complexity index is 663. The molecule has 19 heavy (non-hydrogen) atoms. The molecule has 0 aliphatic rings. The van der Waals surface area contributed by atoms with Crippen LogP contribution in [0.3, 0.4) is 0 Å². The summed E-state index contributed by atoms with van der Waals surface area (Å²) in [7, 11) is 0. The number of rotatable bonds is 4. The minimum Gasteiger partial charge on any atom is -0.379 e. The Morgan fingerprint density at radius 2 is 2.26 bits per heavy atom. The van der Waals surface area contributed by atoms with Gasteiger partial charge < -0.3 is 5.32 Å². The van der Waals surface area contributed by atoms with Crippen molar-refractivity contribution in [3.8, 4) is 6.07 Å². The van der Waals surface area contributed by atoms with Crippen LogP contribution in [0.4, 0.5) is 11.4 Å². The highest BCUT2D eigenvalue weighted by molar-refractivity contribution is 9.10. The third-order valence-electron chi connectivity index (χ3n) is 2.40. The first-order valence-electron chi connectivity index (χ1n) is 5.25. The Morgan fingerprint density at radius 1 is 1.47 bits per heavy atom. The van der Waals surface area contributed by atoms with Crippen molar-refractivity contribution in [2.75, 3.05) is 5.32 Å². The van der Waals surface area contributed by atoms with Crippen LogP contribution in [-0.2, 0) is 6.54 Å². The highest BCUT2D eigenvalue weighted by atomic mass is 79.9. The second-order valence-electron chi connectivity index (χ2n) is 3.69. The van der Waals surface area contributed by atoms with Gasteiger partial charge in [0.2, 0.25) is 0 Å². The van der Waals surface area contributed by atoms with Crippen molar-refractivity contribution >= 4 is 38.6 Å². The maximum Gasteiger partial charge on any atom is 0.270 e. The van der Waals surface area contributed by atoms with Crippen molar-refractivity contribution in [3.05, 3.63) is 54.7 Å². The van der Waals surface area contributed by atoms with Gasteiger partial charge in [0.1, 0.15) is 6.07 Å². The largest absolute Gasteiger partial charge is 0.379 e. The highest BCUT2D eigenvalue weighted by Gasteiger charge is 2.09. The van der Waals surface area contributed by atoms with E-state index in [0.29, 0.717) is 16.6 Å². The smallest absolute Gasteiger partial charge is 0.270 e. The lowest BCUT2D eigenvalue weighted by Crippen LogP contribution is -1.98. The summed E-state index contributed by atoms with van der Waals surface area (Å²) in [5.41, 5.74) is 1.46. The maximum atomic E-state index is 10.6. The second kappa shape index (κ2) is 5.82. The SMILES string of the molecule is N#Cc1csc(CNc2ccc([N+](=O)[O-])cc2Br)c1. The van der Waals surface area contributed by atoms with E-state index in [1.54, 1.807) is 11.4 Å². The average molecular weight is 338 g/mol. The van der Waals surface area contributed by atoms with Gasteiger partial charge in [0, 0.05) is 39.1 Å². The predicted molar refractivity (Wildman–Crippen MR) is 77.2 cm³/mol. The lowest BCUT2D eigenvalue weighted by atomic mass is 10.2. The summed E-state index contributed by atoms with van der Waals surface area (Å²) < 4.78 is 0.638. The number of benzene rings is 1. The fourth-order valence-corrected chi connectivity index (χ4v) is 2.73. The third-order valence-corrected chi connectivity index (χ3v) is 3.99. The van der Waals surface area contributed by atoms with Crippen LogP contribution in [0.15, 0.2) is 34.1 Å². The van der Waals surface area contributed by atoms with Crippen LogP contribution in [0.1, 0.15) is 10.4 Å². The molecule has 0 radical (unpaired) electrons. The molecule has 0 atom stereocenters. The van der Waals surface area contributed by atoms with Crippen molar-refractivity contribution in [2.24, 2.45) is 0 Å². The van der Waals surface area contributed by atoms with Crippen molar-refractivity contribution in [1.82, 2.24) is 0 Å². The van der Waals surface area contributed by atoms with Crippen LogP contribution in [0.2, 0.25) is 0 Å². The van der Waals surface area contributed by atoms with E-state index in [9.17, 15) is 10.1 Å². The van der Waals surface area contributed by atoms with Crippen LogP contribution >= 0.6 is 27.3 Å². The lowest BCUT2D eigenvalue weighted by Gasteiger charge is -2.06. The topological polar surface area (TPSA) is 79.0 Å². The van der Waals surface area contributed by atoms with Gasteiger partial charge in [-0.2, -0.15) is 5.26 Å². The molecule has 0 spiro atoms. The summed E-state index contributed by atoms with van der Waals surface area (Å²) in [6, 6.07) is 8.45. The van der Waals surface area contributed by atoms with Crippen molar-refractivity contribution in [3.63, 3.8) is 0 Å². The molecule has 0 unspecified atom stereocenters. The molecule has 0 aliphatic heterocycles. The Kier molecular flexibility index (Phi) is 4.14. The number of halogens is 1. The number of nitro groups is 1. The quantitative estimate of drug-likeness (QED) is 0.677. The molecule has 0 amide bonds. The van der Waals surface area contributed by atoms with E-state index in [-0.39, 0.29) is 5.69 Å². The van der Waals surface area contributed by atoms with Crippen molar-refractivity contribution in [2.45, 2.75) is 6.54 Å². The molecule has 96 valence electrons. The van der Waals surface area contributed by atoms with E-state index in [1.165, 1.54) is 23.5 Å². The van der Waals surface area contributed by atoms with Gasteiger partial charge in [-0.1, -0.05) is 0 Å². The first-order chi connectivity index (χ1) is 9.10. The van der Waals surface area contributed by atoms with Gasteiger partial charge in [0.25, 0.3) is 5.69 Å². The standard InChI is InChI=1S/C12H8BrN3O2S/c13-11-4-9(16(17)18)1-2-12(11)15-6-10-3-8(5-14)7-19-10/h1-4,7,15H,6H2. The van der Waals surface area contributed by atoms with E-state index in [4.69, 9.17) is 5.26 Å². The zero-order valence-corrected chi connectivity index (χ0v) is 12.0. The maximum absolute atomic E-state index is 10.6. The number of nitro benzene ring substituents is 1. The molecule has 0 saturated carbocycles. The summed E-state index contributed by atoms with van der Waals surface area (Å²) in [6.07, 6.45) is 0. The molecular formula is C12H8BrN3O2S. The zero-order chi connectivity index (χ0) is 13.8. The monoisotopic (exact) mass is 337 g/mol. The summed E-state index contributed by atoms with van der Waals surface area (Å²) in [4.78, 5) is 11.2. The molecule has 0 fully saturated rings. The van der Waals surface area contributed by atoms with E-state index >= 15 is 0 Å². The summed E-state index contributed by atoms with van der Waals surface area (Å²) in [5, 5.41) is 24.3. The number of hydrogen-bond acceptors (Lipinski definition) is 5. The van der Waals surface area contributed by atoms with Gasteiger partial charge in [0.15, 0.2) is 0 Å². The molecule has 7 heteroatoms. The van der Waals surface area contributed by atoms with Crippen LogP contribution in [0.25, 0.3) is 0 Å². The van der Waals surface area contributed by atoms with Gasteiger partial charge in [-0.05, 0) is 28.1 Å². The number of nitriles is 1. The van der Waals surface area contributed by atoms with Crippen molar-refractivity contribution in [1.29, 1.82) is 5.26 Å². The third kappa shape index (κ3) is 3.30. The molecule has 0 bridgehead atoms. The number of anilines is 1. The van der Waals surface area contributed by atoms with E-state index in [2.05, 4.69) is 27.3 Å². The van der Waals surface area contributed by atoms with E-state index in [0.717, 1.165) is 10.6 Å². The second-order valence-corrected chi connectivity index (χ2v) is 5.54. The summed E-state index contributed by atoms with van der Waals surface area (Å²) in [5.74, 6) is 0. The number of hydrogen-bond donors (Lipinski definition) is 1. The first-order valence-corrected chi connectivity index (χ1v) is 6.92. The molecule has 1 aromatic heterocycles. The predicted octanol–water partition coefficient (Wildman–Crippen LogP) is 3.90. The highest BCUT2D eigenvalue weighted by Crippen LogP contribution is 2.28. The van der Waals surface area contributed by atoms with Gasteiger partial charge in [0.05, 0.1) is 10.5 Å². The first kappa shape index (κ1) is 13.5. The van der Waals surface area contributed by atoms with E-state index < -0.39 is 4.92 Å².